The van der Waals surface area contributed by atoms with Gasteiger partial charge < -0.3 is 15.6 Å². The van der Waals surface area contributed by atoms with Gasteiger partial charge in [-0.15, -0.1) is 0 Å². The van der Waals surface area contributed by atoms with Gasteiger partial charge in [0, 0.05) is 29.2 Å². The molecule has 0 atom stereocenters. The molecule has 0 aromatic heterocycles. The molecule has 0 spiro atoms. The van der Waals surface area contributed by atoms with Gasteiger partial charge in [-0.1, -0.05) is 36.4 Å². The van der Waals surface area contributed by atoms with Gasteiger partial charge in [0.1, 0.15) is 0 Å². The summed E-state index contributed by atoms with van der Waals surface area (Å²) in [6.07, 6.45) is -0.303. The Morgan fingerprint density at radius 2 is 1.80 bits per heavy atom. The fraction of sp³-hybridized carbons (Fsp3) is 0.125. The first-order valence-corrected chi connectivity index (χ1v) is 6.17. The fourth-order valence-corrected chi connectivity index (χ4v) is 2.11. The van der Waals surface area contributed by atoms with Crippen LogP contribution < -0.4 is 10.8 Å². The third-order valence-electron chi connectivity index (χ3n) is 3.03. The monoisotopic (exact) mass is 268 g/mol. The molecule has 2 aromatic rings. The minimum absolute atomic E-state index is 0.202. The summed E-state index contributed by atoms with van der Waals surface area (Å²) in [4.78, 5) is 23.1. The molecule has 2 aromatic carbocycles. The molecule has 0 saturated heterocycles. The van der Waals surface area contributed by atoms with Gasteiger partial charge in [-0.3, -0.25) is 4.79 Å². The van der Waals surface area contributed by atoms with Crippen molar-refractivity contribution in [2.24, 2.45) is 0 Å². The van der Waals surface area contributed by atoms with Gasteiger partial charge in [0.05, 0.1) is 0 Å². The van der Waals surface area contributed by atoms with Crippen LogP contribution in [-0.2, 0) is 11.2 Å². The van der Waals surface area contributed by atoms with E-state index in [0.717, 1.165) is 5.56 Å². The van der Waals surface area contributed by atoms with E-state index in [4.69, 9.17) is 5.73 Å². The number of hydrogen-bond donors (Lipinski definition) is 1. The number of hydrogen-bond acceptors (Lipinski definition) is 4. The Hall–Kier alpha value is -2.62. The predicted octanol–water partition coefficient (Wildman–Crippen LogP) is 1.10. The number of carbonyl (C=O) groups excluding carboxylic acids is 2. The van der Waals surface area contributed by atoms with Crippen LogP contribution in [0.4, 0.5) is 5.69 Å². The second-order valence-corrected chi connectivity index (χ2v) is 4.63. The molecule has 20 heavy (non-hydrogen) atoms. The van der Waals surface area contributed by atoms with Crippen LogP contribution >= 0.6 is 0 Å². The van der Waals surface area contributed by atoms with E-state index in [-0.39, 0.29) is 17.9 Å². The van der Waals surface area contributed by atoms with Crippen LogP contribution in [0.3, 0.4) is 0 Å². The number of benzene rings is 2. The van der Waals surface area contributed by atoms with E-state index in [1.54, 1.807) is 43.3 Å². The molecular formula is C16H14NO3-. The van der Waals surface area contributed by atoms with E-state index >= 15 is 0 Å². The highest BCUT2D eigenvalue weighted by atomic mass is 16.4. The first-order valence-electron chi connectivity index (χ1n) is 6.17. The molecule has 0 amide bonds. The zero-order valence-electron chi connectivity index (χ0n) is 11.1. The van der Waals surface area contributed by atoms with Gasteiger partial charge in [0.25, 0.3) is 0 Å². The van der Waals surface area contributed by atoms with E-state index < -0.39 is 5.97 Å². The Morgan fingerprint density at radius 3 is 2.40 bits per heavy atom. The fourth-order valence-electron chi connectivity index (χ4n) is 2.11. The normalized spacial score (nSPS) is 10.2. The first-order chi connectivity index (χ1) is 9.49. The van der Waals surface area contributed by atoms with Crippen LogP contribution in [-0.4, -0.2) is 11.8 Å². The number of carboxylic acid groups (broad SMARTS) is 1. The van der Waals surface area contributed by atoms with Crippen molar-refractivity contribution < 1.29 is 14.7 Å². The second-order valence-electron chi connectivity index (χ2n) is 4.63. The lowest BCUT2D eigenvalue weighted by Crippen LogP contribution is -2.25. The minimum atomic E-state index is -1.22. The topological polar surface area (TPSA) is 83.2 Å². The summed E-state index contributed by atoms with van der Waals surface area (Å²) >= 11 is 0. The molecule has 0 aliphatic heterocycles. The summed E-state index contributed by atoms with van der Waals surface area (Å²) in [6.45, 7) is 1.79. The van der Waals surface area contributed by atoms with E-state index in [1.165, 1.54) is 0 Å². The summed E-state index contributed by atoms with van der Waals surface area (Å²) in [5, 5.41) is 10.7. The molecule has 0 radical (unpaired) electrons. The maximum absolute atomic E-state index is 12.4. The Kier molecular flexibility index (Phi) is 3.84. The van der Waals surface area contributed by atoms with Crippen molar-refractivity contribution in [3.8, 4) is 0 Å². The molecule has 0 fully saturated rings. The number of aliphatic carboxylic acids is 1. The zero-order valence-corrected chi connectivity index (χ0v) is 11.1. The van der Waals surface area contributed by atoms with Gasteiger partial charge in [-0.05, 0) is 24.1 Å². The van der Waals surface area contributed by atoms with Crippen LogP contribution in [0.1, 0.15) is 27.0 Å². The average Bonchev–Trinajstić information content (AvgIpc) is 2.42. The van der Waals surface area contributed by atoms with Gasteiger partial charge in [-0.25, -0.2) is 0 Å². The molecule has 0 saturated carbocycles. The predicted molar refractivity (Wildman–Crippen MR) is 74.2 cm³/mol. The van der Waals surface area contributed by atoms with Crippen LogP contribution in [0.2, 0.25) is 0 Å². The highest BCUT2D eigenvalue weighted by Gasteiger charge is 2.15. The lowest BCUT2D eigenvalue weighted by molar-refractivity contribution is -0.304. The molecule has 0 aliphatic rings. The lowest BCUT2D eigenvalue weighted by atomic mass is 9.95. The number of anilines is 1. The van der Waals surface area contributed by atoms with E-state index in [0.29, 0.717) is 16.7 Å². The van der Waals surface area contributed by atoms with E-state index in [1.807, 2.05) is 6.07 Å². The molecule has 0 unspecified atom stereocenters. The van der Waals surface area contributed by atoms with Crippen LogP contribution in [0.5, 0.6) is 0 Å². The second kappa shape index (κ2) is 5.57. The average molecular weight is 268 g/mol. The van der Waals surface area contributed by atoms with E-state index in [2.05, 4.69) is 0 Å². The highest BCUT2D eigenvalue weighted by molar-refractivity contribution is 6.12. The molecule has 2 N–H and O–H groups in total. The summed E-state index contributed by atoms with van der Waals surface area (Å²) in [5.74, 6) is -1.44. The number of rotatable bonds is 4. The smallest absolute Gasteiger partial charge is 0.195 e. The quantitative estimate of drug-likeness (QED) is 0.665. The molecule has 4 heteroatoms. The van der Waals surface area contributed by atoms with Crippen LogP contribution in [0.15, 0.2) is 42.5 Å². The van der Waals surface area contributed by atoms with Gasteiger partial charge >= 0.3 is 0 Å². The summed E-state index contributed by atoms with van der Waals surface area (Å²) < 4.78 is 0. The number of carboxylic acids is 1. The summed E-state index contributed by atoms with van der Waals surface area (Å²) in [5.41, 5.74) is 8.17. The first kappa shape index (κ1) is 13.8. The lowest BCUT2D eigenvalue weighted by Gasteiger charge is -2.12. The van der Waals surface area contributed by atoms with Crippen molar-refractivity contribution in [2.75, 3.05) is 5.73 Å². The maximum atomic E-state index is 12.4. The van der Waals surface area contributed by atoms with Gasteiger partial charge in [0.2, 0.25) is 0 Å². The SMILES string of the molecule is Cc1cc(CC(=O)[O-])c(N)c(C(=O)c2ccccc2)c1. The van der Waals surface area contributed by atoms with Gasteiger partial charge in [0.15, 0.2) is 5.78 Å². The van der Waals surface area contributed by atoms with Crippen molar-refractivity contribution in [3.63, 3.8) is 0 Å². The molecule has 2 rings (SSSR count). The largest absolute Gasteiger partial charge is 0.550 e. The number of nitrogen functional groups attached to an aromatic ring is 1. The van der Waals surface area contributed by atoms with Crippen molar-refractivity contribution in [3.05, 3.63) is 64.7 Å². The van der Waals surface area contributed by atoms with Crippen molar-refractivity contribution in [2.45, 2.75) is 13.3 Å². The number of carbonyl (C=O) groups is 2. The Bertz CT molecular complexity index is 663. The number of aryl methyl sites for hydroxylation is 1. The molecule has 102 valence electrons. The Labute approximate surface area is 116 Å². The Morgan fingerprint density at radius 1 is 1.15 bits per heavy atom. The van der Waals surface area contributed by atoms with Gasteiger partial charge in [-0.2, -0.15) is 0 Å². The van der Waals surface area contributed by atoms with Crippen LogP contribution in [0, 0.1) is 6.92 Å². The molecular weight excluding hydrogens is 254 g/mol. The third kappa shape index (κ3) is 2.85. The molecule has 0 aliphatic carbocycles. The Balaban J connectivity index is 2.49. The number of nitrogens with two attached hydrogens (primary N) is 1. The highest BCUT2D eigenvalue weighted by Crippen LogP contribution is 2.23. The number of ketones is 1. The molecule has 0 bridgehead atoms. The van der Waals surface area contributed by atoms with Crippen LogP contribution in [0.25, 0.3) is 0 Å². The zero-order chi connectivity index (χ0) is 14.7. The van der Waals surface area contributed by atoms with E-state index in [9.17, 15) is 14.7 Å². The minimum Gasteiger partial charge on any atom is -0.550 e. The van der Waals surface area contributed by atoms with Crippen molar-refractivity contribution >= 4 is 17.4 Å². The van der Waals surface area contributed by atoms with Crippen molar-refractivity contribution in [1.29, 1.82) is 0 Å². The molecule has 4 nitrogen and oxygen atoms in total. The summed E-state index contributed by atoms with van der Waals surface area (Å²) in [6, 6.07) is 12.1. The third-order valence-corrected chi connectivity index (χ3v) is 3.03. The van der Waals surface area contributed by atoms with Crippen molar-refractivity contribution in [1.82, 2.24) is 0 Å². The molecule has 0 heterocycles. The maximum Gasteiger partial charge on any atom is 0.195 e. The standard InChI is InChI=1S/C16H15NO3/c1-10-7-12(9-14(18)19)15(17)13(8-10)16(20)11-5-3-2-4-6-11/h2-8H,9,17H2,1H3,(H,18,19)/p-1. The summed E-state index contributed by atoms with van der Waals surface area (Å²) in [7, 11) is 0.